The van der Waals surface area contributed by atoms with Crippen LogP contribution in [-0.2, 0) is 11.2 Å². The Morgan fingerprint density at radius 1 is 1.16 bits per heavy atom. The van der Waals surface area contributed by atoms with E-state index in [-0.39, 0.29) is 12.5 Å². The fourth-order valence-corrected chi connectivity index (χ4v) is 2.51. The van der Waals surface area contributed by atoms with Crippen molar-refractivity contribution in [2.75, 3.05) is 11.9 Å². The Labute approximate surface area is 151 Å². The van der Waals surface area contributed by atoms with Crippen LogP contribution in [-0.4, -0.2) is 22.3 Å². The molecule has 0 aliphatic carbocycles. The summed E-state index contributed by atoms with van der Waals surface area (Å²) in [7, 11) is 0. The van der Waals surface area contributed by atoms with Crippen molar-refractivity contribution in [3.8, 4) is 11.4 Å². The molecule has 0 radical (unpaired) electrons. The Bertz CT molecular complexity index is 845. The van der Waals surface area contributed by atoms with E-state index in [1.165, 1.54) is 0 Å². The molecule has 5 nitrogen and oxygen atoms in total. The lowest BCUT2D eigenvalue weighted by molar-refractivity contribution is -0.118. The van der Waals surface area contributed by atoms with Gasteiger partial charge in [0.25, 0.3) is 5.91 Å². The second-order valence-corrected chi connectivity index (χ2v) is 5.85. The van der Waals surface area contributed by atoms with Crippen LogP contribution in [0.25, 0.3) is 5.69 Å². The minimum absolute atomic E-state index is 0.0702. The quantitative estimate of drug-likeness (QED) is 0.724. The normalized spacial score (nSPS) is 10.5. The predicted octanol–water partition coefficient (Wildman–Crippen LogP) is 4.11. The summed E-state index contributed by atoms with van der Waals surface area (Å²) >= 11 is 5.93. The monoisotopic (exact) mass is 355 g/mol. The Morgan fingerprint density at radius 2 is 1.88 bits per heavy atom. The minimum Gasteiger partial charge on any atom is -0.484 e. The Hall–Kier alpha value is -2.79. The van der Waals surface area contributed by atoms with E-state index in [1.807, 2.05) is 55.5 Å². The van der Waals surface area contributed by atoms with Crippen LogP contribution in [0, 0.1) is 0 Å². The summed E-state index contributed by atoms with van der Waals surface area (Å²) in [5.74, 6) is 0.888. The number of carbonyl (C=O) groups excluding carboxylic acids is 1. The first-order valence-electron chi connectivity index (χ1n) is 7.98. The third kappa shape index (κ3) is 4.39. The van der Waals surface area contributed by atoms with Gasteiger partial charge in [-0.15, -0.1) is 5.10 Å². The SMILES string of the molecule is CCc1cc(NC(=O)COc2ccccc2)nn1-c1ccc(Cl)cc1. The standard InChI is InChI=1S/C19H18ClN3O2/c1-2-15-12-18(22-23(15)16-10-8-14(20)9-11-16)21-19(24)13-25-17-6-4-3-5-7-17/h3-12H,2,13H2,1H3,(H,21,22,24). The van der Waals surface area contributed by atoms with Crippen molar-refractivity contribution in [3.05, 3.63) is 71.4 Å². The number of nitrogens with zero attached hydrogens (tertiary/aromatic N) is 2. The van der Waals surface area contributed by atoms with Gasteiger partial charge in [0, 0.05) is 16.8 Å². The first-order chi connectivity index (χ1) is 12.2. The van der Waals surface area contributed by atoms with E-state index < -0.39 is 0 Å². The van der Waals surface area contributed by atoms with E-state index in [0.29, 0.717) is 16.6 Å². The molecule has 0 saturated carbocycles. The number of amides is 1. The van der Waals surface area contributed by atoms with Crippen LogP contribution >= 0.6 is 11.6 Å². The maximum Gasteiger partial charge on any atom is 0.263 e. The number of benzene rings is 2. The lowest BCUT2D eigenvalue weighted by atomic mass is 10.3. The van der Waals surface area contributed by atoms with Gasteiger partial charge in [-0.05, 0) is 42.8 Å². The van der Waals surface area contributed by atoms with E-state index in [2.05, 4.69) is 10.4 Å². The molecule has 1 amide bonds. The highest BCUT2D eigenvalue weighted by Crippen LogP contribution is 2.18. The average Bonchev–Trinajstić information content (AvgIpc) is 3.04. The van der Waals surface area contributed by atoms with Crippen LogP contribution in [0.1, 0.15) is 12.6 Å². The second kappa shape index (κ2) is 7.85. The number of para-hydroxylation sites is 1. The van der Waals surface area contributed by atoms with Crippen molar-refractivity contribution < 1.29 is 9.53 Å². The van der Waals surface area contributed by atoms with Gasteiger partial charge in [0.1, 0.15) is 5.75 Å². The van der Waals surface area contributed by atoms with Gasteiger partial charge in [0.15, 0.2) is 12.4 Å². The smallest absolute Gasteiger partial charge is 0.263 e. The van der Waals surface area contributed by atoms with Gasteiger partial charge in [-0.25, -0.2) is 4.68 Å². The first-order valence-corrected chi connectivity index (χ1v) is 8.36. The van der Waals surface area contributed by atoms with E-state index in [0.717, 1.165) is 17.8 Å². The average molecular weight is 356 g/mol. The fraction of sp³-hybridized carbons (Fsp3) is 0.158. The number of carbonyl (C=O) groups is 1. The van der Waals surface area contributed by atoms with Crippen molar-refractivity contribution in [1.82, 2.24) is 9.78 Å². The summed E-state index contributed by atoms with van der Waals surface area (Å²) in [6, 6.07) is 18.5. The zero-order valence-electron chi connectivity index (χ0n) is 13.8. The van der Waals surface area contributed by atoms with Gasteiger partial charge in [-0.3, -0.25) is 4.79 Å². The van der Waals surface area contributed by atoms with Crippen molar-refractivity contribution >= 4 is 23.3 Å². The first kappa shape index (κ1) is 17.0. The highest BCUT2D eigenvalue weighted by atomic mass is 35.5. The van der Waals surface area contributed by atoms with Crippen LogP contribution in [0.3, 0.4) is 0 Å². The summed E-state index contributed by atoms with van der Waals surface area (Å²) < 4.78 is 7.24. The molecular formula is C19H18ClN3O2. The number of rotatable bonds is 6. The van der Waals surface area contributed by atoms with Crippen LogP contribution in [0.2, 0.25) is 5.02 Å². The molecule has 0 spiro atoms. The maximum atomic E-state index is 12.1. The lowest BCUT2D eigenvalue weighted by Gasteiger charge is -2.06. The van der Waals surface area contributed by atoms with Crippen molar-refractivity contribution in [2.24, 2.45) is 0 Å². The molecule has 0 atom stereocenters. The van der Waals surface area contributed by atoms with E-state index in [4.69, 9.17) is 16.3 Å². The van der Waals surface area contributed by atoms with E-state index in [1.54, 1.807) is 16.8 Å². The number of ether oxygens (including phenoxy) is 1. The van der Waals surface area contributed by atoms with Gasteiger partial charge < -0.3 is 10.1 Å². The summed E-state index contributed by atoms with van der Waals surface area (Å²) in [6.07, 6.45) is 0.784. The van der Waals surface area contributed by atoms with Gasteiger partial charge in [0.2, 0.25) is 0 Å². The molecule has 3 aromatic rings. The molecule has 0 aliphatic heterocycles. The molecule has 2 aromatic carbocycles. The van der Waals surface area contributed by atoms with Crippen LogP contribution in [0.5, 0.6) is 5.75 Å². The number of anilines is 1. The molecule has 0 saturated heterocycles. The van der Waals surface area contributed by atoms with Crippen LogP contribution in [0.4, 0.5) is 5.82 Å². The topological polar surface area (TPSA) is 56.1 Å². The molecule has 1 aromatic heterocycles. The number of hydrogen-bond acceptors (Lipinski definition) is 3. The van der Waals surface area contributed by atoms with Gasteiger partial charge in [0.05, 0.1) is 5.69 Å². The highest BCUT2D eigenvalue weighted by Gasteiger charge is 2.11. The molecular weight excluding hydrogens is 338 g/mol. The number of hydrogen-bond donors (Lipinski definition) is 1. The third-order valence-electron chi connectivity index (χ3n) is 3.60. The lowest BCUT2D eigenvalue weighted by Crippen LogP contribution is -2.20. The highest BCUT2D eigenvalue weighted by molar-refractivity contribution is 6.30. The molecule has 128 valence electrons. The number of aryl methyl sites for hydroxylation is 1. The molecule has 25 heavy (non-hydrogen) atoms. The summed E-state index contributed by atoms with van der Waals surface area (Å²) in [6.45, 7) is 1.97. The zero-order valence-corrected chi connectivity index (χ0v) is 14.5. The molecule has 0 unspecified atom stereocenters. The summed E-state index contributed by atoms with van der Waals surface area (Å²) in [5, 5.41) is 7.90. The summed E-state index contributed by atoms with van der Waals surface area (Å²) in [5.41, 5.74) is 1.88. The molecule has 0 fully saturated rings. The van der Waals surface area contributed by atoms with Gasteiger partial charge >= 0.3 is 0 Å². The maximum absolute atomic E-state index is 12.1. The largest absolute Gasteiger partial charge is 0.484 e. The molecule has 1 N–H and O–H groups in total. The number of nitrogens with one attached hydrogen (secondary N) is 1. The molecule has 1 heterocycles. The van der Waals surface area contributed by atoms with Crippen LogP contribution < -0.4 is 10.1 Å². The molecule has 3 rings (SSSR count). The Balaban J connectivity index is 1.68. The van der Waals surface area contributed by atoms with Crippen molar-refractivity contribution in [3.63, 3.8) is 0 Å². The number of aromatic nitrogens is 2. The van der Waals surface area contributed by atoms with Gasteiger partial charge in [-0.1, -0.05) is 36.7 Å². The Morgan fingerprint density at radius 3 is 2.56 bits per heavy atom. The van der Waals surface area contributed by atoms with Crippen LogP contribution in [0.15, 0.2) is 60.7 Å². The number of halogens is 1. The molecule has 0 bridgehead atoms. The Kier molecular flexibility index (Phi) is 5.36. The zero-order chi connectivity index (χ0) is 17.6. The molecule has 6 heteroatoms. The van der Waals surface area contributed by atoms with Crippen molar-refractivity contribution in [2.45, 2.75) is 13.3 Å². The predicted molar refractivity (Wildman–Crippen MR) is 98.5 cm³/mol. The minimum atomic E-state index is -0.257. The summed E-state index contributed by atoms with van der Waals surface area (Å²) in [4.78, 5) is 12.1. The van der Waals surface area contributed by atoms with E-state index >= 15 is 0 Å². The second-order valence-electron chi connectivity index (χ2n) is 5.41. The third-order valence-corrected chi connectivity index (χ3v) is 3.85. The molecule has 0 aliphatic rings. The van der Waals surface area contributed by atoms with E-state index in [9.17, 15) is 4.79 Å². The van der Waals surface area contributed by atoms with Crippen molar-refractivity contribution in [1.29, 1.82) is 0 Å². The van der Waals surface area contributed by atoms with Gasteiger partial charge in [-0.2, -0.15) is 0 Å². The fourth-order valence-electron chi connectivity index (χ4n) is 2.38.